The fraction of sp³-hybridized carbons (Fsp3) is 0.526. The highest BCUT2D eigenvalue weighted by atomic mass is 19.1. The molecule has 3 amide bonds. The van der Waals surface area contributed by atoms with Crippen molar-refractivity contribution in [1.82, 2.24) is 10.2 Å². The van der Waals surface area contributed by atoms with Crippen LogP contribution in [0, 0.1) is 11.6 Å². The van der Waals surface area contributed by atoms with E-state index in [0.717, 1.165) is 12.1 Å². The summed E-state index contributed by atoms with van der Waals surface area (Å²) in [5, 5.41) is 2.09. The van der Waals surface area contributed by atoms with Crippen molar-refractivity contribution in [2.75, 3.05) is 13.1 Å². The zero-order valence-corrected chi connectivity index (χ0v) is 15.9. The zero-order valence-electron chi connectivity index (χ0n) is 15.9. The van der Waals surface area contributed by atoms with E-state index in [1.54, 1.807) is 20.8 Å². The Morgan fingerprint density at radius 1 is 1.18 bits per heavy atom. The molecule has 0 saturated carbocycles. The van der Waals surface area contributed by atoms with E-state index in [4.69, 9.17) is 9.47 Å². The number of hydrogen-bond acceptors (Lipinski definition) is 5. The van der Waals surface area contributed by atoms with Crippen molar-refractivity contribution in [2.24, 2.45) is 0 Å². The normalized spacial score (nSPS) is 20.5. The number of piperidine rings is 1. The van der Waals surface area contributed by atoms with Crippen LogP contribution in [0.25, 0.3) is 0 Å². The Morgan fingerprint density at radius 2 is 1.79 bits per heavy atom. The topological polar surface area (TPSA) is 84.9 Å². The minimum Gasteiger partial charge on any atom is -0.487 e. The molecule has 0 aromatic heterocycles. The van der Waals surface area contributed by atoms with Crippen LogP contribution in [0.1, 0.15) is 45.1 Å². The van der Waals surface area contributed by atoms with E-state index >= 15 is 0 Å². The lowest BCUT2D eigenvalue weighted by Crippen LogP contribution is -2.57. The van der Waals surface area contributed by atoms with Crippen molar-refractivity contribution in [3.8, 4) is 5.75 Å². The molecule has 2 aliphatic rings. The molecule has 2 aliphatic heterocycles. The highest BCUT2D eigenvalue weighted by molar-refractivity contribution is 6.01. The minimum atomic E-state index is -1.06. The van der Waals surface area contributed by atoms with Crippen LogP contribution in [0.5, 0.6) is 5.75 Å². The Morgan fingerprint density at radius 3 is 2.32 bits per heavy atom. The van der Waals surface area contributed by atoms with Crippen molar-refractivity contribution in [3.05, 3.63) is 29.3 Å². The summed E-state index contributed by atoms with van der Waals surface area (Å²) >= 11 is 0. The summed E-state index contributed by atoms with van der Waals surface area (Å²) < 4.78 is 39.7. The largest absolute Gasteiger partial charge is 0.487 e. The SMILES string of the molecule is CC(C)(C)OC(=O)N1CC(Oc2cc(F)c(C3CCC(=O)NC3=O)c(F)c2)C1. The van der Waals surface area contributed by atoms with E-state index in [1.807, 2.05) is 0 Å². The van der Waals surface area contributed by atoms with Gasteiger partial charge in [-0.2, -0.15) is 0 Å². The molecule has 28 heavy (non-hydrogen) atoms. The Hall–Kier alpha value is -2.71. The number of halogens is 2. The number of imide groups is 1. The van der Waals surface area contributed by atoms with Gasteiger partial charge in [0.05, 0.1) is 19.0 Å². The van der Waals surface area contributed by atoms with E-state index in [9.17, 15) is 23.2 Å². The number of carbonyl (C=O) groups excluding carboxylic acids is 3. The second-order valence-electron chi connectivity index (χ2n) is 7.93. The van der Waals surface area contributed by atoms with Crippen LogP contribution in [-0.2, 0) is 14.3 Å². The maximum Gasteiger partial charge on any atom is 0.410 e. The Balaban J connectivity index is 1.62. The quantitative estimate of drug-likeness (QED) is 0.794. The first-order valence-corrected chi connectivity index (χ1v) is 9.00. The van der Waals surface area contributed by atoms with Gasteiger partial charge in [-0.1, -0.05) is 0 Å². The van der Waals surface area contributed by atoms with Gasteiger partial charge >= 0.3 is 6.09 Å². The smallest absolute Gasteiger partial charge is 0.410 e. The Labute approximate surface area is 161 Å². The molecule has 1 atom stereocenters. The van der Waals surface area contributed by atoms with E-state index in [1.165, 1.54) is 4.90 Å². The third-order valence-corrected chi connectivity index (χ3v) is 4.44. The molecule has 0 radical (unpaired) electrons. The molecule has 152 valence electrons. The van der Waals surface area contributed by atoms with Crippen LogP contribution in [-0.4, -0.2) is 47.6 Å². The predicted octanol–water partition coefficient (Wildman–Crippen LogP) is 2.48. The number of rotatable bonds is 3. The molecule has 1 unspecified atom stereocenters. The molecule has 0 bridgehead atoms. The summed E-state index contributed by atoms with van der Waals surface area (Å²) in [6.07, 6.45) is -0.812. The fourth-order valence-electron chi connectivity index (χ4n) is 3.11. The first-order chi connectivity index (χ1) is 13.0. The monoisotopic (exact) mass is 396 g/mol. The number of nitrogens with one attached hydrogen (secondary N) is 1. The van der Waals surface area contributed by atoms with Crippen molar-refractivity contribution in [1.29, 1.82) is 0 Å². The van der Waals surface area contributed by atoms with Gasteiger partial charge in [-0.25, -0.2) is 13.6 Å². The molecule has 7 nitrogen and oxygen atoms in total. The minimum absolute atomic E-state index is 0.0239. The number of benzene rings is 1. The van der Waals surface area contributed by atoms with Gasteiger partial charge in [0.2, 0.25) is 11.8 Å². The summed E-state index contributed by atoms with van der Waals surface area (Å²) in [6, 6.07) is 2.02. The maximum atomic E-state index is 14.5. The second kappa shape index (κ2) is 7.37. The van der Waals surface area contributed by atoms with Crippen LogP contribution in [0.4, 0.5) is 13.6 Å². The lowest BCUT2D eigenvalue weighted by atomic mass is 9.89. The molecule has 2 saturated heterocycles. The first-order valence-electron chi connectivity index (χ1n) is 9.00. The summed E-state index contributed by atoms with van der Waals surface area (Å²) in [7, 11) is 0. The Bertz CT molecular complexity index is 792. The number of likely N-dealkylation sites (tertiary alicyclic amines) is 1. The molecule has 0 aliphatic carbocycles. The molecule has 1 aromatic carbocycles. The van der Waals surface area contributed by atoms with Crippen LogP contribution in [0.2, 0.25) is 0 Å². The van der Waals surface area contributed by atoms with Gasteiger partial charge in [0.25, 0.3) is 0 Å². The summed E-state index contributed by atoms with van der Waals surface area (Å²) in [5.74, 6) is -4.07. The average Bonchev–Trinajstić information content (AvgIpc) is 2.50. The van der Waals surface area contributed by atoms with Gasteiger partial charge in [0, 0.05) is 24.1 Å². The molecular formula is C19H22F2N2O5. The van der Waals surface area contributed by atoms with Crippen molar-refractivity contribution in [3.63, 3.8) is 0 Å². The number of amides is 3. The van der Waals surface area contributed by atoms with Crippen molar-refractivity contribution in [2.45, 2.75) is 51.2 Å². The summed E-state index contributed by atoms with van der Waals surface area (Å²) in [6.45, 7) is 5.76. The average molecular weight is 396 g/mol. The van der Waals surface area contributed by atoms with Gasteiger partial charge in [-0.3, -0.25) is 14.9 Å². The number of hydrogen-bond donors (Lipinski definition) is 1. The van der Waals surface area contributed by atoms with Gasteiger partial charge < -0.3 is 14.4 Å². The zero-order chi connectivity index (χ0) is 20.6. The van der Waals surface area contributed by atoms with Crippen LogP contribution in [0.15, 0.2) is 12.1 Å². The van der Waals surface area contributed by atoms with Crippen molar-refractivity contribution >= 4 is 17.9 Å². The Kier molecular flexibility index (Phi) is 5.27. The molecular weight excluding hydrogens is 374 g/mol. The highest BCUT2D eigenvalue weighted by Gasteiger charge is 2.36. The van der Waals surface area contributed by atoms with Gasteiger partial charge in [-0.05, 0) is 27.2 Å². The molecule has 3 rings (SSSR count). The molecule has 1 aromatic rings. The first kappa shape index (κ1) is 20.0. The van der Waals surface area contributed by atoms with Gasteiger partial charge in [-0.15, -0.1) is 0 Å². The third kappa shape index (κ3) is 4.40. The van der Waals surface area contributed by atoms with E-state index < -0.39 is 47.2 Å². The van der Waals surface area contributed by atoms with E-state index in [-0.39, 0.29) is 37.2 Å². The van der Waals surface area contributed by atoms with Gasteiger partial charge in [0.15, 0.2) is 0 Å². The van der Waals surface area contributed by atoms with E-state index in [0.29, 0.717) is 0 Å². The molecule has 2 fully saturated rings. The van der Waals surface area contributed by atoms with Crippen LogP contribution >= 0.6 is 0 Å². The van der Waals surface area contributed by atoms with Crippen LogP contribution < -0.4 is 10.1 Å². The number of ether oxygens (including phenoxy) is 2. The van der Waals surface area contributed by atoms with Crippen LogP contribution in [0.3, 0.4) is 0 Å². The predicted molar refractivity (Wildman–Crippen MR) is 93.7 cm³/mol. The second-order valence-corrected chi connectivity index (χ2v) is 7.93. The molecule has 2 heterocycles. The van der Waals surface area contributed by atoms with E-state index in [2.05, 4.69) is 5.32 Å². The lowest BCUT2D eigenvalue weighted by Gasteiger charge is -2.39. The standard InChI is InChI=1S/C19H22F2N2O5/c1-19(2,3)28-18(26)23-8-11(9-23)27-10-6-13(20)16(14(21)7-10)12-4-5-15(24)22-17(12)25/h6-7,11-12H,4-5,8-9H2,1-3H3,(H,22,24,25). The molecule has 9 heteroatoms. The van der Waals surface area contributed by atoms with Crippen molar-refractivity contribution < 1.29 is 32.6 Å². The van der Waals surface area contributed by atoms with Gasteiger partial charge in [0.1, 0.15) is 29.1 Å². The number of nitrogens with zero attached hydrogens (tertiary/aromatic N) is 1. The molecule has 1 N–H and O–H groups in total. The number of carbonyl (C=O) groups is 3. The molecule has 0 spiro atoms. The highest BCUT2D eigenvalue weighted by Crippen LogP contribution is 2.32. The fourth-order valence-corrected chi connectivity index (χ4v) is 3.11. The lowest BCUT2D eigenvalue weighted by molar-refractivity contribution is -0.134. The summed E-state index contributed by atoms with van der Waals surface area (Å²) in [5.41, 5.74) is -0.984. The summed E-state index contributed by atoms with van der Waals surface area (Å²) in [4.78, 5) is 36.4. The third-order valence-electron chi connectivity index (χ3n) is 4.44. The maximum absolute atomic E-state index is 14.5.